The molecule has 31 heavy (non-hydrogen) atoms. The number of aromatic nitrogens is 4. The van der Waals surface area contributed by atoms with E-state index in [2.05, 4.69) is 54.1 Å². The van der Waals surface area contributed by atoms with E-state index in [1.807, 2.05) is 61.1 Å². The Morgan fingerprint density at radius 1 is 0.871 bits per heavy atom. The minimum absolute atomic E-state index is 0.0127. The van der Waals surface area contributed by atoms with Crippen LogP contribution in [0, 0.1) is 0 Å². The predicted octanol–water partition coefficient (Wildman–Crippen LogP) is 3.89. The first kappa shape index (κ1) is 19.4. The number of hydrogen-bond acceptors (Lipinski definition) is 4. The van der Waals surface area contributed by atoms with E-state index in [1.54, 1.807) is 6.20 Å². The summed E-state index contributed by atoms with van der Waals surface area (Å²) in [6.07, 6.45) is 9.43. The molecule has 4 aromatic rings. The molecule has 1 aliphatic rings. The molecule has 1 aliphatic heterocycles. The summed E-state index contributed by atoms with van der Waals surface area (Å²) >= 11 is 5.79. The molecule has 154 valence electrons. The maximum absolute atomic E-state index is 5.79. The van der Waals surface area contributed by atoms with E-state index in [0.717, 1.165) is 27.8 Å². The Balaban J connectivity index is 1.54. The molecule has 0 aromatic carbocycles. The summed E-state index contributed by atoms with van der Waals surface area (Å²) in [5.41, 5.74) is 4.26. The molecule has 6 nitrogen and oxygen atoms in total. The van der Waals surface area contributed by atoms with Crippen LogP contribution in [0.15, 0.2) is 91.6 Å². The van der Waals surface area contributed by atoms with E-state index in [1.165, 1.54) is 0 Å². The fourth-order valence-corrected chi connectivity index (χ4v) is 4.40. The van der Waals surface area contributed by atoms with E-state index in [9.17, 15) is 0 Å². The summed E-state index contributed by atoms with van der Waals surface area (Å²) in [7, 11) is 0. The number of pyridine rings is 3. The van der Waals surface area contributed by atoms with Crippen LogP contribution in [-0.2, 0) is 13.1 Å². The van der Waals surface area contributed by atoms with E-state index >= 15 is 0 Å². The monoisotopic (exact) mass is 426 g/mol. The van der Waals surface area contributed by atoms with Crippen molar-refractivity contribution >= 4 is 17.3 Å². The van der Waals surface area contributed by atoms with Gasteiger partial charge in [0.15, 0.2) is 5.11 Å². The van der Waals surface area contributed by atoms with Crippen LogP contribution in [0.4, 0.5) is 0 Å². The van der Waals surface area contributed by atoms with Crippen molar-refractivity contribution in [3.8, 4) is 0 Å². The lowest BCUT2D eigenvalue weighted by atomic mass is 10.0. The van der Waals surface area contributed by atoms with Gasteiger partial charge in [-0.15, -0.1) is 0 Å². The fraction of sp³-hybridized carbons (Fsp3) is 0.167. The molecule has 1 N–H and O–H groups in total. The maximum Gasteiger partial charge on any atom is 0.170 e. The lowest BCUT2D eigenvalue weighted by Crippen LogP contribution is -2.30. The second kappa shape index (κ2) is 8.65. The lowest BCUT2D eigenvalue weighted by molar-refractivity contribution is 0.298. The first-order chi connectivity index (χ1) is 15.3. The van der Waals surface area contributed by atoms with Gasteiger partial charge in [-0.1, -0.05) is 18.2 Å². The summed E-state index contributed by atoms with van der Waals surface area (Å²) in [4.78, 5) is 15.6. The molecule has 1 fully saturated rings. The molecule has 1 saturated heterocycles. The van der Waals surface area contributed by atoms with Gasteiger partial charge in [-0.25, -0.2) is 0 Å². The zero-order valence-electron chi connectivity index (χ0n) is 16.9. The Morgan fingerprint density at radius 2 is 1.74 bits per heavy atom. The highest BCUT2D eigenvalue weighted by atomic mass is 32.1. The molecule has 0 amide bonds. The van der Waals surface area contributed by atoms with E-state index < -0.39 is 0 Å². The summed E-state index contributed by atoms with van der Waals surface area (Å²) in [6.45, 7) is 1.37. The molecule has 0 aliphatic carbocycles. The van der Waals surface area contributed by atoms with Crippen LogP contribution in [0.2, 0.25) is 0 Å². The van der Waals surface area contributed by atoms with Crippen molar-refractivity contribution in [1.82, 2.24) is 29.7 Å². The normalized spacial score (nSPS) is 18.2. The van der Waals surface area contributed by atoms with E-state index in [4.69, 9.17) is 12.2 Å². The molecule has 0 unspecified atom stereocenters. The molecular weight excluding hydrogens is 404 g/mol. The van der Waals surface area contributed by atoms with Gasteiger partial charge in [0.1, 0.15) is 0 Å². The van der Waals surface area contributed by atoms with Crippen LogP contribution < -0.4 is 5.32 Å². The quantitative estimate of drug-likeness (QED) is 0.472. The van der Waals surface area contributed by atoms with Crippen LogP contribution in [0.3, 0.4) is 0 Å². The molecule has 7 heteroatoms. The molecular formula is C24H22N6S. The average Bonchev–Trinajstić information content (AvgIpc) is 3.40. The molecule has 5 heterocycles. The zero-order chi connectivity index (χ0) is 21.0. The van der Waals surface area contributed by atoms with Gasteiger partial charge >= 0.3 is 0 Å². The van der Waals surface area contributed by atoms with Crippen LogP contribution in [0.25, 0.3) is 0 Å². The van der Waals surface area contributed by atoms with Crippen LogP contribution in [0.1, 0.15) is 34.7 Å². The number of nitrogens with zero attached hydrogens (tertiary/aromatic N) is 5. The summed E-state index contributed by atoms with van der Waals surface area (Å²) in [5, 5.41) is 4.23. The minimum Gasteiger partial charge on any atom is -0.352 e. The van der Waals surface area contributed by atoms with Crippen molar-refractivity contribution in [1.29, 1.82) is 0 Å². The van der Waals surface area contributed by atoms with Gasteiger partial charge in [0, 0.05) is 43.2 Å². The van der Waals surface area contributed by atoms with Gasteiger partial charge < -0.3 is 14.8 Å². The van der Waals surface area contributed by atoms with Crippen LogP contribution >= 0.6 is 12.2 Å². The summed E-state index contributed by atoms with van der Waals surface area (Å²) in [5.74, 6) is 0. The first-order valence-corrected chi connectivity index (χ1v) is 10.6. The Bertz CT molecular complexity index is 1150. The smallest absolute Gasteiger partial charge is 0.170 e. The van der Waals surface area contributed by atoms with E-state index in [-0.39, 0.29) is 12.1 Å². The van der Waals surface area contributed by atoms with Crippen molar-refractivity contribution in [3.05, 3.63) is 114 Å². The number of hydrogen-bond donors (Lipinski definition) is 1. The highest BCUT2D eigenvalue weighted by Gasteiger charge is 2.41. The molecule has 0 spiro atoms. The van der Waals surface area contributed by atoms with Crippen LogP contribution in [-0.4, -0.2) is 29.5 Å². The number of nitrogens with one attached hydrogen (secondary N) is 1. The van der Waals surface area contributed by atoms with Crippen molar-refractivity contribution in [2.45, 2.75) is 25.2 Å². The summed E-state index contributed by atoms with van der Waals surface area (Å²) in [6, 6.07) is 20.2. The average molecular weight is 427 g/mol. The molecule has 0 radical (unpaired) electrons. The van der Waals surface area contributed by atoms with Gasteiger partial charge in [-0.05, 0) is 60.2 Å². The van der Waals surface area contributed by atoms with Crippen molar-refractivity contribution in [2.24, 2.45) is 0 Å². The van der Waals surface area contributed by atoms with Crippen molar-refractivity contribution < 1.29 is 0 Å². The highest BCUT2D eigenvalue weighted by Crippen LogP contribution is 2.39. The lowest BCUT2D eigenvalue weighted by Gasteiger charge is -2.29. The Hall–Kier alpha value is -3.58. The highest BCUT2D eigenvalue weighted by molar-refractivity contribution is 7.80. The Labute approximate surface area is 186 Å². The zero-order valence-corrected chi connectivity index (χ0v) is 17.7. The molecule has 0 saturated carbocycles. The first-order valence-electron chi connectivity index (χ1n) is 10.2. The second-order valence-corrected chi connectivity index (χ2v) is 7.88. The fourth-order valence-electron chi connectivity index (χ4n) is 4.09. The van der Waals surface area contributed by atoms with Gasteiger partial charge in [-0.2, -0.15) is 0 Å². The third-order valence-corrected chi connectivity index (χ3v) is 5.85. The topological polar surface area (TPSA) is 58.9 Å². The summed E-state index contributed by atoms with van der Waals surface area (Å²) < 4.78 is 2.24. The predicted molar refractivity (Wildman–Crippen MR) is 123 cm³/mol. The SMILES string of the molecule is S=C1N[C@H](c2ccccn2)[C@@H](c2cccn2Cc2ccccn2)N1Cc1cccnc1. The number of rotatable bonds is 6. The van der Waals surface area contributed by atoms with Gasteiger partial charge in [0.2, 0.25) is 0 Å². The van der Waals surface area contributed by atoms with Gasteiger partial charge in [0.25, 0.3) is 0 Å². The van der Waals surface area contributed by atoms with Gasteiger partial charge in [-0.3, -0.25) is 15.0 Å². The third kappa shape index (κ3) is 4.04. The Morgan fingerprint density at radius 3 is 2.48 bits per heavy atom. The number of thiocarbonyl (C=S) groups is 1. The maximum atomic E-state index is 5.79. The van der Waals surface area contributed by atoms with Gasteiger partial charge in [0.05, 0.1) is 30.0 Å². The molecule has 2 atom stereocenters. The third-order valence-electron chi connectivity index (χ3n) is 5.50. The molecule has 4 aromatic heterocycles. The largest absolute Gasteiger partial charge is 0.352 e. The van der Waals surface area contributed by atoms with Crippen LogP contribution in [0.5, 0.6) is 0 Å². The second-order valence-electron chi connectivity index (χ2n) is 7.50. The Kier molecular flexibility index (Phi) is 5.41. The van der Waals surface area contributed by atoms with E-state index in [0.29, 0.717) is 13.1 Å². The minimum atomic E-state index is -0.0530. The molecule has 0 bridgehead atoms. The molecule has 5 rings (SSSR count). The van der Waals surface area contributed by atoms with Crippen molar-refractivity contribution in [3.63, 3.8) is 0 Å². The van der Waals surface area contributed by atoms with Crippen molar-refractivity contribution in [2.75, 3.05) is 0 Å². The standard InChI is InChI=1S/C24H22N6S/c31-24-28-22(20-9-2-4-13-27-20)23(30(24)16-18-7-5-11-25-15-18)21-10-6-14-29(21)17-19-8-1-3-12-26-19/h1-15,22-23H,16-17H2,(H,28,31)/t22-,23-/m1/s1.